The smallest absolute Gasteiger partial charge is 0.119 e. The average molecular weight is 240 g/mol. The van der Waals surface area contributed by atoms with Gasteiger partial charge in [0.05, 0.1) is 6.61 Å². The van der Waals surface area contributed by atoms with Crippen LogP contribution in [0.25, 0.3) is 11.1 Å². The van der Waals surface area contributed by atoms with Crippen LogP contribution in [0.15, 0.2) is 48.5 Å². The van der Waals surface area contributed by atoms with E-state index >= 15 is 0 Å². The molecule has 0 radical (unpaired) electrons. The zero-order chi connectivity index (χ0) is 13.0. The van der Waals surface area contributed by atoms with Gasteiger partial charge in [-0.2, -0.15) is 0 Å². The summed E-state index contributed by atoms with van der Waals surface area (Å²) in [6.45, 7) is 7.18. The number of aryl methyl sites for hydroxylation is 1. The SMILES string of the molecule is Cc1ccc(-c2cccc(OCC(C)C)c2)cc1. The fraction of sp³-hybridized carbons (Fsp3) is 0.294. The average Bonchev–Trinajstić information content (AvgIpc) is 2.37. The van der Waals surface area contributed by atoms with E-state index < -0.39 is 0 Å². The summed E-state index contributed by atoms with van der Waals surface area (Å²) in [5, 5.41) is 0. The zero-order valence-corrected chi connectivity index (χ0v) is 11.3. The second kappa shape index (κ2) is 5.72. The van der Waals surface area contributed by atoms with Gasteiger partial charge >= 0.3 is 0 Å². The maximum absolute atomic E-state index is 5.75. The van der Waals surface area contributed by atoms with Gasteiger partial charge in [-0.15, -0.1) is 0 Å². The molecule has 1 heteroatoms. The summed E-state index contributed by atoms with van der Waals surface area (Å²) >= 11 is 0. The third-order valence-electron chi connectivity index (χ3n) is 2.80. The van der Waals surface area contributed by atoms with E-state index in [2.05, 4.69) is 57.2 Å². The number of benzene rings is 2. The molecule has 0 amide bonds. The fourth-order valence-corrected chi connectivity index (χ4v) is 1.77. The van der Waals surface area contributed by atoms with Gasteiger partial charge in [0, 0.05) is 0 Å². The molecule has 0 unspecified atom stereocenters. The van der Waals surface area contributed by atoms with Gasteiger partial charge in [-0.05, 0) is 36.1 Å². The lowest BCUT2D eigenvalue weighted by Gasteiger charge is -2.10. The lowest BCUT2D eigenvalue weighted by atomic mass is 10.0. The lowest BCUT2D eigenvalue weighted by molar-refractivity contribution is 0.271. The lowest BCUT2D eigenvalue weighted by Crippen LogP contribution is -2.04. The Morgan fingerprint density at radius 3 is 2.33 bits per heavy atom. The third-order valence-corrected chi connectivity index (χ3v) is 2.80. The van der Waals surface area contributed by atoms with Crippen molar-refractivity contribution in [1.82, 2.24) is 0 Å². The molecular weight excluding hydrogens is 220 g/mol. The molecule has 0 spiro atoms. The van der Waals surface area contributed by atoms with E-state index in [0.717, 1.165) is 12.4 Å². The van der Waals surface area contributed by atoms with Crippen molar-refractivity contribution in [2.24, 2.45) is 5.92 Å². The molecule has 2 aromatic carbocycles. The van der Waals surface area contributed by atoms with Crippen LogP contribution >= 0.6 is 0 Å². The van der Waals surface area contributed by atoms with Crippen molar-refractivity contribution in [3.63, 3.8) is 0 Å². The number of hydrogen-bond donors (Lipinski definition) is 0. The maximum atomic E-state index is 5.75. The molecule has 0 saturated heterocycles. The quantitative estimate of drug-likeness (QED) is 0.753. The van der Waals surface area contributed by atoms with E-state index in [9.17, 15) is 0 Å². The van der Waals surface area contributed by atoms with Crippen molar-refractivity contribution in [3.05, 3.63) is 54.1 Å². The minimum absolute atomic E-state index is 0.549. The van der Waals surface area contributed by atoms with Gasteiger partial charge in [-0.3, -0.25) is 0 Å². The van der Waals surface area contributed by atoms with Crippen LogP contribution in [0.4, 0.5) is 0 Å². The molecule has 0 aromatic heterocycles. The molecule has 0 N–H and O–H groups in total. The van der Waals surface area contributed by atoms with Crippen molar-refractivity contribution in [1.29, 1.82) is 0 Å². The molecule has 18 heavy (non-hydrogen) atoms. The van der Waals surface area contributed by atoms with Gasteiger partial charge in [0.25, 0.3) is 0 Å². The molecule has 0 aliphatic heterocycles. The fourth-order valence-electron chi connectivity index (χ4n) is 1.77. The Hall–Kier alpha value is -1.76. The molecule has 0 saturated carbocycles. The van der Waals surface area contributed by atoms with Crippen LogP contribution in [0.3, 0.4) is 0 Å². The van der Waals surface area contributed by atoms with E-state index in [0.29, 0.717) is 5.92 Å². The highest BCUT2D eigenvalue weighted by molar-refractivity contribution is 5.65. The van der Waals surface area contributed by atoms with E-state index in [1.807, 2.05) is 12.1 Å². The summed E-state index contributed by atoms with van der Waals surface area (Å²) in [4.78, 5) is 0. The predicted molar refractivity (Wildman–Crippen MR) is 76.9 cm³/mol. The molecule has 0 bridgehead atoms. The van der Waals surface area contributed by atoms with Crippen molar-refractivity contribution < 1.29 is 4.74 Å². The van der Waals surface area contributed by atoms with Crippen LogP contribution in [0, 0.1) is 12.8 Å². The van der Waals surface area contributed by atoms with Crippen molar-refractivity contribution in [2.45, 2.75) is 20.8 Å². The highest BCUT2D eigenvalue weighted by Crippen LogP contribution is 2.24. The standard InChI is InChI=1S/C17H20O/c1-13(2)12-18-17-6-4-5-16(11-17)15-9-7-14(3)8-10-15/h4-11,13H,12H2,1-3H3. The first kappa shape index (κ1) is 12.7. The summed E-state index contributed by atoms with van der Waals surface area (Å²) in [5.74, 6) is 1.50. The zero-order valence-electron chi connectivity index (χ0n) is 11.3. The Kier molecular flexibility index (Phi) is 4.03. The first-order valence-corrected chi connectivity index (χ1v) is 6.45. The van der Waals surface area contributed by atoms with Crippen LogP contribution in [0.2, 0.25) is 0 Å². The van der Waals surface area contributed by atoms with Crippen LogP contribution < -0.4 is 4.74 Å². The Labute approximate surface area is 109 Å². The predicted octanol–water partition coefficient (Wildman–Crippen LogP) is 4.70. The molecule has 0 fully saturated rings. The monoisotopic (exact) mass is 240 g/mol. The first-order valence-electron chi connectivity index (χ1n) is 6.45. The van der Waals surface area contributed by atoms with Gasteiger partial charge in [-0.1, -0.05) is 55.8 Å². The summed E-state index contributed by atoms with van der Waals surface area (Å²) in [7, 11) is 0. The molecule has 0 aliphatic carbocycles. The van der Waals surface area contributed by atoms with Gasteiger partial charge < -0.3 is 4.74 Å². The largest absolute Gasteiger partial charge is 0.493 e. The van der Waals surface area contributed by atoms with E-state index in [1.165, 1.54) is 16.7 Å². The third kappa shape index (κ3) is 3.36. The number of rotatable bonds is 4. The van der Waals surface area contributed by atoms with Crippen molar-refractivity contribution in [2.75, 3.05) is 6.61 Å². The summed E-state index contributed by atoms with van der Waals surface area (Å²) < 4.78 is 5.75. The molecule has 0 aliphatic rings. The van der Waals surface area contributed by atoms with Crippen molar-refractivity contribution >= 4 is 0 Å². The topological polar surface area (TPSA) is 9.23 Å². The van der Waals surface area contributed by atoms with Crippen LogP contribution in [-0.4, -0.2) is 6.61 Å². The molecule has 2 aromatic rings. The first-order chi connectivity index (χ1) is 8.65. The van der Waals surface area contributed by atoms with E-state index in [4.69, 9.17) is 4.74 Å². The highest BCUT2D eigenvalue weighted by Gasteiger charge is 2.01. The van der Waals surface area contributed by atoms with E-state index in [1.54, 1.807) is 0 Å². The second-order valence-electron chi connectivity index (χ2n) is 5.10. The number of ether oxygens (including phenoxy) is 1. The van der Waals surface area contributed by atoms with Crippen LogP contribution in [0.1, 0.15) is 19.4 Å². The van der Waals surface area contributed by atoms with Gasteiger partial charge in [-0.25, -0.2) is 0 Å². The molecule has 94 valence electrons. The van der Waals surface area contributed by atoms with E-state index in [-0.39, 0.29) is 0 Å². The van der Waals surface area contributed by atoms with Crippen molar-refractivity contribution in [3.8, 4) is 16.9 Å². The maximum Gasteiger partial charge on any atom is 0.119 e. The van der Waals surface area contributed by atoms with Crippen LogP contribution in [0.5, 0.6) is 5.75 Å². The minimum atomic E-state index is 0.549. The number of hydrogen-bond acceptors (Lipinski definition) is 1. The second-order valence-corrected chi connectivity index (χ2v) is 5.10. The Balaban J connectivity index is 2.18. The molecule has 2 rings (SSSR count). The Morgan fingerprint density at radius 2 is 1.67 bits per heavy atom. The normalized spacial score (nSPS) is 10.7. The Morgan fingerprint density at radius 1 is 0.944 bits per heavy atom. The molecule has 0 atom stereocenters. The summed E-state index contributed by atoms with van der Waals surface area (Å²) in [6, 6.07) is 16.9. The highest BCUT2D eigenvalue weighted by atomic mass is 16.5. The Bertz CT molecular complexity index is 497. The van der Waals surface area contributed by atoms with Gasteiger partial charge in [0.15, 0.2) is 0 Å². The summed E-state index contributed by atoms with van der Waals surface area (Å²) in [6.07, 6.45) is 0. The molecule has 0 heterocycles. The molecule has 1 nitrogen and oxygen atoms in total. The molecular formula is C17H20O. The van der Waals surface area contributed by atoms with Gasteiger partial charge in [0.2, 0.25) is 0 Å². The minimum Gasteiger partial charge on any atom is -0.493 e. The summed E-state index contributed by atoms with van der Waals surface area (Å²) in [5.41, 5.74) is 3.72. The van der Waals surface area contributed by atoms with Crippen LogP contribution in [-0.2, 0) is 0 Å². The van der Waals surface area contributed by atoms with Gasteiger partial charge in [0.1, 0.15) is 5.75 Å².